The summed E-state index contributed by atoms with van der Waals surface area (Å²) >= 11 is 0. The molecule has 0 radical (unpaired) electrons. The fourth-order valence-electron chi connectivity index (χ4n) is 2.45. The molecular formula is C14H20N4. The number of nitrogens with zero attached hydrogens (tertiary/aromatic N) is 3. The standard InChI is InChI=1S/C14H20N4/c1-2-18(11-12-4-3-7-16-9-12)14-6-5-13(8-15)17-10-14/h5-6,10,12,16H,2-4,7,9,11H2,1H3. The number of pyridine rings is 1. The third-order valence-corrected chi connectivity index (χ3v) is 3.49. The van der Waals surface area contributed by atoms with Crippen molar-refractivity contribution in [3.8, 4) is 6.07 Å². The number of aromatic nitrogens is 1. The van der Waals surface area contributed by atoms with E-state index in [1.54, 1.807) is 12.3 Å². The molecule has 1 fully saturated rings. The lowest BCUT2D eigenvalue weighted by Gasteiger charge is -2.30. The number of rotatable bonds is 4. The first-order valence-corrected chi connectivity index (χ1v) is 6.65. The van der Waals surface area contributed by atoms with Gasteiger partial charge in [0.05, 0.1) is 11.9 Å². The molecule has 1 saturated heterocycles. The van der Waals surface area contributed by atoms with Gasteiger partial charge in [-0.15, -0.1) is 0 Å². The van der Waals surface area contributed by atoms with Crippen molar-refractivity contribution in [2.75, 3.05) is 31.1 Å². The number of hydrogen-bond acceptors (Lipinski definition) is 4. The molecule has 1 atom stereocenters. The fourth-order valence-corrected chi connectivity index (χ4v) is 2.45. The van der Waals surface area contributed by atoms with Crippen molar-refractivity contribution in [3.63, 3.8) is 0 Å². The van der Waals surface area contributed by atoms with Gasteiger partial charge in [-0.05, 0) is 50.9 Å². The van der Waals surface area contributed by atoms with Crippen LogP contribution in [0.4, 0.5) is 5.69 Å². The second-order valence-corrected chi connectivity index (χ2v) is 4.76. The van der Waals surface area contributed by atoms with Crippen LogP contribution in [-0.2, 0) is 0 Å². The van der Waals surface area contributed by atoms with Crippen molar-refractivity contribution in [3.05, 3.63) is 24.0 Å². The van der Waals surface area contributed by atoms with Gasteiger partial charge in [0.1, 0.15) is 11.8 Å². The maximum absolute atomic E-state index is 8.75. The van der Waals surface area contributed by atoms with Gasteiger partial charge in [0.15, 0.2) is 0 Å². The van der Waals surface area contributed by atoms with E-state index in [0.29, 0.717) is 11.6 Å². The van der Waals surface area contributed by atoms with E-state index in [1.165, 1.54) is 12.8 Å². The number of nitrogens with one attached hydrogen (secondary N) is 1. The summed E-state index contributed by atoms with van der Waals surface area (Å²) < 4.78 is 0. The summed E-state index contributed by atoms with van der Waals surface area (Å²) in [4.78, 5) is 6.48. The Morgan fingerprint density at radius 3 is 3.00 bits per heavy atom. The topological polar surface area (TPSA) is 52.0 Å². The molecule has 1 aromatic rings. The molecule has 1 aliphatic rings. The molecule has 1 aromatic heterocycles. The Labute approximate surface area is 109 Å². The predicted octanol–water partition coefficient (Wildman–Crippen LogP) is 1.78. The van der Waals surface area contributed by atoms with Crippen LogP contribution in [0.2, 0.25) is 0 Å². The summed E-state index contributed by atoms with van der Waals surface area (Å²) in [7, 11) is 0. The van der Waals surface area contributed by atoms with Crippen LogP contribution in [0.3, 0.4) is 0 Å². The van der Waals surface area contributed by atoms with Crippen molar-refractivity contribution < 1.29 is 0 Å². The molecule has 1 aliphatic heterocycles. The molecule has 0 saturated carbocycles. The number of piperidine rings is 1. The third-order valence-electron chi connectivity index (χ3n) is 3.49. The highest BCUT2D eigenvalue weighted by Crippen LogP contribution is 2.18. The Morgan fingerprint density at radius 1 is 1.56 bits per heavy atom. The van der Waals surface area contributed by atoms with Gasteiger partial charge in [-0.1, -0.05) is 0 Å². The van der Waals surface area contributed by atoms with E-state index in [-0.39, 0.29) is 0 Å². The summed E-state index contributed by atoms with van der Waals surface area (Å²) in [5, 5.41) is 12.2. The van der Waals surface area contributed by atoms with E-state index in [2.05, 4.69) is 28.2 Å². The van der Waals surface area contributed by atoms with Crippen LogP contribution >= 0.6 is 0 Å². The van der Waals surface area contributed by atoms with Crippen molar-refractivity contribution >= 4 is 5.69 Å². The molecule has 1 unspecified atom stereocenters. The first-order chi connectivity index (χ1) is 8.83. The molecule has 0 amide bonds. The van der Waals surface area contributed by atoms with Gasteiger partial charge in [-0.25, -0.2) is 4.98 Å². The van der Waals surface area contributed by atoms with E-state index >= 15 is 0 Å². The van der Waals surface area contributed by atoms with Crippen LogP contribution in [0.25, 0.3) is 0 Å². The van der Waals surface area contributed by atoms with Gasteiger partial charge in [-0.3, -0.25) is 0 Å². The monoisotopic (exact) mass is 244 g/mol. The lowest BCUT2D eigenvalue weighted by atomic mass is 9.99. The quantitative estimate of drug-likeness (QED) is 0.877. The van der Waals surface area contributed by atoms with Crippen LogP contribution in [0.5, 0.6) is 0 Å². The molecule has 18 heavy (non-hydrogen) atoms. The summed E-state index contributed by atoms with van der Waals surface area (Å²) in [6.07, 6.45) is 4.37. The van der Waals surface area contributed by atoms with Crippen LogP contribution in [-0.4, -0.2) is 31.2 Å². The molecule has 1 N–H and O–H groups in total. The number of nitriles is 1. The molecule has 0 aliphatic carbocycles. The average molecular weight is 244 g/mol. The van der Waals surface area contributed by atoms with Gasteiger partial charge < -0.3 is 10.2 Å². The molecule has 4 nitrogen and oxygen atoms in total. The summed E-state index contributed by atoms with van der Waals surface area (Å²) in [5.41, 5.74) is 1.59. The SMILES string of the molecule is CCN(CC1CCCNC1)c1ccc(C#N)nc1. The lowest BCUT2D eigenvalue weighted by Crippen LogP contribution is -2.38. The largest absolute Gasteiger partial charge is 0.370 e. The Bertz CT molecular complexity index is 401. The van der Waals surface area contributed by atoms with Gasteiger partial charge in [0.2, 0.25) is 0 Å². The molecule has 2 rings (SSSR count). The van der Waals surface area contributed by atoms with Crippen molar-refractivity contribution in [2.45, 2.75) is 19.8 Å². The zero-order chi connectivity index (χ0) is 12.8. The van der Waals surface area contributed by atoms with E-state index in [1.807, 2.05) is 6.07 Å². The molecule has 0 spiro atoms. The van der Waals surface area contributed by atoms with E-state index in [9.17, 15) is 0 Å². The Morgan fingerprint density at radius 2 is 2.44 bits per heavy atom. The second-order valence-electron chi connectivity index (χ2n) is 4.76. The van der Waals surface area contributed by atoms with Crippen LogP contribution in [0, 0.1) is 17.2 Å². The Hall–Kier alpha value is -1.60. The summed E-state index contributed by atoms with van der Waals surface area (Å²) in [5.74, 6) is 0.717. The lowest BCUT2D eigenvalue weighted by molar-refractivity contribution is 0.378. The van der Waals surface area contributed by atoms with E-state index in [4.69, 9.17) is 5.26 Å². The summed E-state index contributed by atoms with van der Waals surface area (Å²) in [6, 6.07) is 5.83. The van der Waals surface area contributed by atoms with Crippen LogP contribution in [0.1, 0.15) is 25.5 Å². The minimum atomic E-state index is 0.481. The third kappa shape index (κ3) is 3.21. The highest BCUT2D eigenvalue weighted by molar-refractivity contribution is 5.45. The molecule has 96 valence electrons. The fraction of sp³-hybridized carbons (Fsp3) is 0.571. The van der Waals surface area contributed by atoms with Crippen molar-refractivity contribution in [1.29, 1.82) is 5.26 Å². The molecule has 0 bridgehead atoms. The first kappa shape index (κ1) is 12.8. The van der Waals surface area contributed by atoms with Crippen LogP contribution in [0.15, 0.2) is 18.3 Å². The highest BCUT2D eigenvalue weighted by Gasteiger charge is 2.16. The summed E-state index contributed by atoms with van der Waals surface area (Å²) in [6.45, 7) is 6.47. The molecular weight excluding hydrogens is 224 g/mol. The van der Waals surface area contributed by atoms with Crippen molar-refractivity contribution in [1.82, 2.24) is 10.3 Å². The normalized spacial score (nSPS) is 19.2. The van der Waals surface area contributed by atoms with Gasteiger partial charge in [0.25, 0.3) is 0 Å². The highest BCUT2D eigenvalue weighted by atomic mass is 15.1. The smallest absolute Gasteiger partial charge is 0.140 e. The average Bonchev–Trinajstić information content (AvgIpc) is 2.46. The minimum absolute atomic E-state index is 0.481. The zero-order valence-electron chi connectivity index (χ0n) is 10.9. The van der Waals surface area contributed by atoms with Gasteiger partial charge in [0, 0.05) is 13.1 Å². The van der Waals surface area contributed by atoms with Crippen LogP contribution < -0.4 is 10.2 Å². The van der Waals surface area contributed by atoms with Crippen molar-refractivity contribution in [2.24, 2.45) is 5.92 Å². The molecule has 0 aromatic carbocycles. The van der Waals surface area contributed by atoms with Gasteiger partial charge >= 0.3 is 0 Å². The zero-order valence-corrected chi connectivity index (χ0v) is 10.9. The maximum atomic E-state index is 8.75. The number of anilines is 1. The molecule has 2 heterocycles. The van der Waals surface area contributed by atoms with E-state index < -0.39 is 0 Å². The van der Waals surface area contributed by atoms with E-state index in [0.717, 1.165) is 31.9 Å². The minimum Gasteiger partial charge on any atom is -0.370 e. The second kappa shape index (κ2) is 6.36. The maximum Gasteiger partial charge on any atom is 0.140 e. The molecule has 4 heteroatoms. The number of hydrogen-bond donors (Lipinski definition) is 1. The first-order valence-electron chi connectivity index (χ1n) is 6.65. The predicted molar refractivity (Wildman–Crippen MR) is 72.4 cm³/mol. The Kier molecular flexibility index (Phi) is 4.54. The Balaban J connectivity index is 2.00. The van der Waals surface area contributed by atoms with Gasteiger partial charge in [-0.2, -0.15) is 5.26 Å².